The molecule has 0 N–H and O–H groups in total. The Bertz CT molecular complexity index is 275. The lowest BCUT2D eigenvalue weighted by molar-refractivity contribution is 0.107. The maximum atomic E-state index is 10.4. The van der Waals surface area contributed by atoms with Crippen molar-refractivity contribution in [2.24, 2.45) is 0 Å². The molecule has 1 aromatic rings. The number of rotatable bonds is 1. The number of carbonyl (C=O) groups is 1. The zero-order valence-electron chi connectivity index (χ0n) is 6.00. The Morgan fingerprint density at radius 2 is 2.45 bits per heavy atom. The Morgan fingerprint density at radius 3 is 3.27 bits per heavy atom. The van der Waals surface area contributed by atoms with Crippen LogP contribution < -0.4 is 0 Å². The van der Waals surface area contributed by atoms with E-state index in [4.69, 9.17) is 9.15 Å². The van der Waals surface area contributed by atoms with Gasteiger partial charge in [0.05, 0.1) is 19.5 Å². The molecule has 2 rings (SSSR count). The van der Waals surface area contributed by atoms with Crippen molar-refractivity contribution in [3.8, 4) is 0 Å². The van der Waals surface area contributed by atoms with E-state index in [0.29, 0.717) is 19.0 Å². The van der Waals surface area contributed by atoms with E-state index in [1.165, 1.54) is 0 Å². The third-order valence-corrected chi connectivity index (χ3v) is 1.87. The Kier molecular flexibility index (Phi) is 1.51. The number of furan rings is 1. The number of carbonyl (C=O) groups excluding carboxylic acids is 1. The van der Waals surface area contributed by atoms with Gasteiger partial charge in [0, 0.05) is 17.5 Å². The molecule has 1 aliphatic heterocycles. The maximum Gasteiger partial charge on any atom is 0.185 e. The summed E-state index contributed by atoms with van der Waals surface area (Å²) in [4.78, 5) is 10.4. The van der Waals surface area contributed by atoms with Crippen LogP contribution in [0.15, 0.2) is 10.7 Å². The lowest BCUT2D eigenvalue weighted by atomic mass is 10.1. The summed E-state index contributed by atoms with van der Waals surface area (Å²) < 4.78 is 10.2. The molecule has 0 atom stereocenters. The van der Waals surface area contributed by atoms with Gasteiger partial charge in [-0.2, -0.15) is 0 Å². The summed E-state index contributed by atoms with van der Waals surface area (Å²) in [5.41, 5.74) is 2.03. The number of hydrogen-bond acceptors (Lipinski definition) is 3. The van der Waals surface area contributed by atoms with Crippen LogP contribution >= 0.6 is 0 Å². The monoisotopic (exact) mass is 152 g/mol. The van der Waals surface area contributed by atoms with E-state index in [1.807, 2.05) is 0 Å². The van der Waals surface area contributed by atoms with Gasteiger partial charge in [0.25, 0.3) is 0 Å². The van der Waals surface area contributed by atoms with Crippen LogP contribution in [0.4, 0.5) is 0 Å². The number of ether oxygens (including phenoxy) is 1. The number of hydrogen-bond donors (Lipinski definition) is 0. The van der Waals surface area contributed by atoms with Gasteiger partial charge >= 0.3 is 0 Å². The van der Waals surface area contributed by atoms with E-state index >= 15 is 0 Å². The molecule has 3 heteroatoms. The highest BCUT2D eigenvalue weighted by Gasteiger charge is 2.16. The van der Waals surface area contributed by atoms with Gasteiger partial charge in [-0.3, -0.25) is 4.79 Å². The quantitative estimate of drug-likeness (QED) is 0.567. The first-order chi connectivity index (χ1) is 5.42. The van der Waals surface area contributed by atoms with E-state index < -0.39 is 0 Å². The average molecular weight is 152 g/mol. The molecule has 0 spiro atoms. The molecule has 58 valence electrons. The van der Waals surface area contributed by atoms with Gasteiger partial charge in [-0.15, -0.1) is 0 Å². The van der Waals surface area contributed by atoms with Crippen molar-refractivity contribution < 1.29 is 13.9 Å². The SMILES string of the molecule is O=Cc1occ2c1CCOC2. The van der Waals surface area contributed by atoms with Gasteiger partial charge in [0.15, 0.2) is 12.0 Å². The van der Waals surface area contributed by atoms with Crippen LogP contribution in [-0.4, -0.2) is 12.9 Å². The first-order valence-electron chi connectivity index (χ1n) is 3.54. The first kappa shape index (κ1) is 6.61. The molecule has 0 radical (unpaired) electrons. The molecule has 0 unspecified atom stereocenters. The number of fused-ring (bicyclic) bond motifs is 1. The van der Waals surface area contributed by atoms with E-state index in [1.54, 1.807) is 6.26 Å². The first-order valence-corrected chi connectivity index (χ1v) is 3.54. The molecule has 0 saturated carbocycles. The summed E-state index contributed by atoms with van der Waals surface area (Å²) in [5, 5.41) is 0. The van der Waals surface area contributed by atoms with Gasteiger partial charge in [0.2, 0.25) is 0 Å². The highest BCUT2D eigenvalue weighted by atomic mass is 16.5. The molecule has 1 aromatic heterocycles. The summed E-state index contributed by atoms with van der Waals surface area (Å²) in [6, 6.07) is 0. The van der Waals surface area contributed by atoms with E-state index in [0.717, 1.165) is 23.8 Å². The Balaban J connectivity index is 2.45. The topological polar surface area (TPSA) is 39.4 Å². The van der Waals surface area contributed by atoms with Gasteiger partial charge in [-0.1, -0.05) is 0 Å². The lowest BCUT2D eigenvalue weighted by Crippen LogP contribution is -2.08. The predicted molar refractivity (Wildman–Crippen MR) is 37.5 cm³/mol. The summed E-state index contributed by atoms with van der Waals surface area (Å²) in [7, 11) is 0. The normalized spacial score (nSPS) is 16.0. The third-order valence-electron chi connectivity index (χ3n) is 1.87. The van der Waals surface area contributed by atoms with E-state index in [-0.39, 0.29) is 0 Å². The van der Waals surface area contributed by atoms with Crippen molar-refractivity contribution in [1.82, 2.24) is 0 Å². The second-order valence-corrected chi connectivity index (χ2v) is 2.52. The zero-order valence-corrected chi connectivity index (χ0v) is 6.00. The summed E-state index contributed by atoms with van der Waals surface area (Å²) in [6.45, 7) is 1.26. The van der Waals surface area contributed by atoms with Gasteiger partial charge in [0.1, 0.15) is 0 Å². The van der Waals surface area contributed by atoms with Crippen molar-refractivity contribution >= 4 is 6.29 Å². The summed E-state index contributed by atoms with van der Waals surface area (Å²) >= 11 is 0. The smallest absolute Gasteiger partial charge is 0.185 e. The zero-order chi connectivity index (χ0) is 7.68. The van der Waals surface area contributed by atoms with Crippen molar-refractivity contribution in [2.75, 3.05) is 6.61 Å². The highest BCUT2D eigenvalue weighted by molar-refractivity contribution is 5.73. The maximum absolute atomic E-state index is 10.4. The predicted octanol–water partition coefficient (Wildman–Crippen LogP) is 1.16. The fourth-order valence-corrected chi connectivity index (χ4v) is 1.30. The standard InChI is InChI=1S/C8H8O3/c9-3-8-7-1-2-10-4-6(7)5-11-8/h3,5H,1-2,4H2. The van der Waals surface area contributed by atoms with Crippen LogP contribution in [0.3, 0.4) is 0 Å². The lowest BCUT2D eigenvalue weighted by Gasteiger charge is -2.10. The van der Waals surface area contributed by atoms with Crippen LogP contribution in [-0.2, 0) is 17.8 Å². The summed E-state index contributed by atoms with van der Waals surface area (Å²) in [6.07, 6.45) is 3.14. The molecule has 0 fully saturated rings. The molecule has 0 bridgehead atoms. The van der Waals surface area contributed by atoms with E-state index in [2.05, 4.69) is 0 Å². The van der Waals surface area contributed by atoms with Crippen molar-refractivity contribution in [2.45, 2.75) is 13.0 Å². The van der Waals surface area contributed by atoms with Gasteiger partial charge in [-0.05, 0) is 0 Å². The van der Waals surface area contributed by atoms with Crippen LogP contribution in [0.1, 0.15) is 21.7 Å². The van der Waals surface area contributed by atoms with Gasteiger partial charge in [-0.25, -0.2) is 0 Å². The second-order valence-electron chi connectivity index (χ2n) is 2.52. The molecule has 1 aliphatic rings. The van der Waals surface area contributed by atoms with E-state index in [9.17, 15) is 4.79 Å². The minimum absolute atomic E-state index is 0.461. The molecule has 2 heterocycles. The molecule has 0 saturated heterocycles. The van der Waals surface area contributed by atoms with Crippen molar-refractivity contribution in [1.29, 1.82) is 0 Å². The van der Waals surface area contributed by atoms with Crippen LogP contribution in [0.5, 0.6) is 0 Å². The molecule has 0 aromatic carbocycles. The third kappa shape index (κ3) is 0.973. The van der Waals surface area contributed by atoms with Gasteiger partial charge < -0.3 is 9.15 Å². The van der Waals surface area contributed by atoms with Crippen molar-refractivity contribution in [3.63, 3.8) is 0 Å². The minimum Gasteiger partial charge on any atom is -0.461 e. The largest absolute Gasteiger partial charge is 0.461 e. The number of aldehydes is 1. The molecule has 11 heavy (non-hydrogen) atoms. The Labute approximate surface area is 64.0 Å². The molecule has 3 nitrogen and oxygen atoms in total. The highest BCUT2D eigenvalue weighted by Crippen LogP contribution is 2.21. The van der Waals surface area contributed by atoms with Crippen LogP contribution in [0, 0.1) is 0 Å². The fourth-order valence-electron chi connectivity index (χ4n) is 1.30. The second kappa shape index (κ2) is 2.51. The Hall–Kier alpha value is -1.09. The molecular weight excluding hydrogens is 144 g/mol. The van der Waals surface area contributed by atoms with Crippen LogP contribution in [0.25, 0.3) is 0 Å². The summed E-state index contributed by atoms with van der Waals surface area (Å²) in [5.74, 6) is 0.461. The van der Waals surface area contributed by atoms with Crippen molar-refractivity contribution in [3.05, 3.63) is 23.2 Å². The molecular formula is C8H8O3. The molecule has 0 aliphatic carbocycles. The average Bonchev–Trinajstić information content (AvgIpc) is 2.47. The Morgan fingerprint density at radius 1 is 1.55 bits per heavy atom. The molecule has 0 amide bonds. The fraction of sp³-hybridized carbons (Fsp3) is 0.375. The minimum atomic E-state index is 0.461. The van der Waals surface area contributed by atoms with Crippen LogP contribution in [0.2, 0.25) is 0 Å².